The molecule has 1 atom stereocenters. The van der Waals surface area contributed by atoms with Crippen LogP contribution >= 0.6 is 0 Å². The zero-order chi connectivity index (χ0) is 18.2. The number of nitrogens with one attached hydrogen (secondary N) is 1. The number of anilines is 1. The Labute approximate surface area is 142 Å². The second kappa shape index (κ2) is 6.23. The molecule has 1 aliphatic heterocycles. The van der Waals surface area contributed by atoms with E-state index in [4.69, 9.17) is 4.74 Å². The standard InChI is InChI=1S/C18H15F3N2O2/c1-10-4-3-5-14-16(10)12(17(24)23-14)9-22-11-6-7-15(25-2)13(8-11)18(19,20)21/h3-9,12H,1-2H3,(H,23,24). The van der Waals surface area contributed by atoms with Crippen LogP contribution in [0, 0.1) is 6.92 Å². The fourth-order valence-electron chi connectivity index (χ4n) is 2.84. The second-order valence-electron chi connectivity index (χ2n) is 5.66. The van der Waals surface area contributed by atoms with Gasteiger partial charge in [0.1, 0.15) is 11.7 Å². The first-order valence-corrected chi connectivity index (χ1v) is 7.51. The summed E-state index contributed by atoms with van der Waals surface area (Å²) in [7, 11) is 1.18. The third kappa shape index (κ3) is 3.22. The van der Waals surface area contributed by atoms with E-state index in [2.05, 4.69) is 10.3 Å². The quantitative estimate of drug-likeness (QED) is 0.833. The molecule has 4 nitrogen and oxygen atoms in total. The van der Waals surface area contributed by atoms with Crippen molar-refractivity contribution in [2.24, 2.45) is 4.99 Å². The Balaban J connectivity index is 1.95. The number of nitrogens with zero attached hydrogens (tertiary/aromatic N) is 1. The van der Waals surface area contributed by atoms with E-state index < -0.39 is 17.7 Å². The van der Waals surface area contributed by atoms with E-state index in [-0.39, 0.29) is 17.3 Å². The molecular weight excluding hydrogens is 333 g/mol. The van der Waals surface area contributed by atoms with Crippen LogP contribution in [0.4, 0.5) is 24.5 Å². The Morgan fingerprint density at radius 2 is 2.00 bits per heavy atom. The summed E-state index contributed by atoms with van der Waals surface area (Å²) in [4.78, 5) is 16.2. The topological polar surface area (TPSA) is 50.7 Å². The van der Waals surface area contributed by atoms with Gasteiger partial charge in [-0.2, -0.15) is 13.2 Å². The van der Waals surface area contributed by atoms with Crippen LogP contribution in [0.5, 0.6) is 5.75 Å². The molecule has 25 heavy (non-hydrogen) atoms. The predicted molar refractivity (Wildman–Crippen MR) is 88.7 cm³/mol. The molecule has 1 unspecified atom stereocenters. The van der Waals surface area contributed by atoms with Crippen molar-refractivity contribution < 1.29 is 22.7 Å². The molecule has 1 heterocycles. The molecule has 0 aromatic heterocycles. The number of amides is 1. The summed E-state index contributed by atoms with van der Waals surface area (Å²) < 4.78 is 44.0. The van der Waals surface area contributed by atoms with E-state index in [0.717, 1.165) is 17.2 Å². The summed E-state index contributed by atoms with van der Waals surface area (Å²) >= 11 is 0. The summed E-state index contributed by atoms with van der Waals surface area (Å²) in [5.74, 6) is -1.16. The Morgan fingerprint density at radius 1 is 1.24 bits per heavy atom. The molecule has 1 N–H and O–H groups in total. The zero-order valence-electron chi connectivity index (χ0n) is 13.5. The maximum Gasteiger partial charge on any atom is 0.420 e. The van der Waals surface area contributed by atoms with Gasteiger partial charge < -0.3 is 10.1 Å². The van der Waals surface area contributed by atoms with Crippen molar-refractivity contribution in [3.63, 3.8) is 0 Å². The highest BCUT2D eigenvalue weighted by molar-refractivity contribution is 6.13. The van der Waals surface area contributed by atoms with Gasteiger partial charge in [0.15, 0.2) is 0 Å². The third-order valence-electron chi connectivity index (χ3n) is 4.04. The minimum Gasteiger partial charge on any atom is -0.496 e. The number of alkyl halides is 3. The van der Waals surface area contributed by atoms with Gasteiger partial charge in [-0.3, -0.25) is 9.79 Å². The number of ether oxygens (including phenoxy) is 1. The SMILES string of the molecule is COc1ccc(N=CC2C(=O)Nc3cccc(C)c32)cc1C(F)(F)F. The molecule has 0 spiro atoms. The number of hydrogen-bond donors (Lipinski definition) is 1. The van der Waals surface area contributed by atoms with Gasteiger partial charge in [0.2, 0.25) is 5.91 Å². The first kappa shape index (κ1) is 17.0. The van der Waals surface area contributed by atoms with Crippen molar-refractivity contribution in [3.05, 3.63) is 53.1 Å². The fourth-order valence-corrected chi connectivity index (χ4v) is 2.84. The fraction of sp³-hybridized carbons (Fsp3) is 0.222. The smallest absolute Gasteiger partial charge is 0.420 e. The largest absolute Gasteiger partial charge is 0.496 e. The minimum absolute atomic E-state index is 0.1000. The van der Waals surface area contributed by atoms with Gasteiger partial charge in [-0.05, 0) is 42.3 Å². The number of methoxy groups -OCH3 is 1. The van der Waals surface area contributed by atoms with E-state index in [9.17, 15) is 18.0 Å². The lowest BCUT2D eigenvalue weighted by Gasteiger charge is -2.12. The average molecular weight is 348 g/mol. The summed E-state index contributed by atoms with van der Waals surface area (Å²) in [5, 5.41) is 2.75. The number of aryl methyl sites for hydroxylation is 1. The van der Waals surface area contributed by atoms with Crippen molar-refractivity contribution in [1.82, 2.24) is 0 Å². The lowest BCUT2D eigenvalue weighted by Crippen LogP contribution is -2.13. The molecule has 3 rings (SSSR count). The Kier molecular flexibility index (Phi) is 4.24. The van der Waals surface area contributed by atoms with Crippen molar-refractivity contribution >= 4 is 23.5 Å². The molecule has 0 aliphatic carbocycles. The highest BCUT2D eigenvalue weighted by Gasteiger charge is 2.35. The molecule has 0 saturated heterocycles. The number of benzene rings is 2. The summed E-state index contributed by atoms with van der Waals surface area (Å²) in [5.41, 5.74) is 1.60. The van der Waals surface area contributed by atoms with Crippen LogP contribution in [0.2, 0.25) is 0 Å². The monoisotopic (exact) mass is 348 g/mol. The maximum absolute atomic E-state index is 13.1. The van der Waals surface area contributed by atoms with Gasteiger partial charge in [0.25, 0.3) is 0 Å². The summed E-state index contributed by atoms with van der Waals surface area (Å²) in [6, 6.07) is 9.01. The third-order valence-corrected chi connectivity index (χ3v) is 4.04. The van der Waals surface area contributed by atoms with Crippen molar-refractivity contribution in [3.8, 4) is 5.75 Å². The molecule has 1 aliphatic rings. The van der Waals surface area contributed by atoms with E-state index in [1.165, 1.54) is 25.5 Å². The van der Waals surface area contributed by atoms with E-state index in [1.807, 2.05) is 19.1 Å². The van der Waals surface area contributed by atoms with Crippen LogP contribution in [-0.4, -0.2) is 19.2 Å². The number of carbonyl (C=O) groups is 1. The molecule has 7 heteroatoms. The normalized spacial score (nSPS) is 16.8. The highest BCUT2D eigenvalue weighted by Crippen LogP contribution is 2.39. The van der Waals surface area contributed by atoms with Gasteiger partial charge >= 0.3 is 6.18 Å². The first-order valence-electron chi connectivity index (χ1n) is 7.51. The summed E-state index contributed by atoms with van der Waals surface area (Å²) in [6.45, 7) is 1.87. The van der Waals surface area contributed by atoms with Gasteiger partial charge in [0, 0.05) is 11.9 Å². The molecule has 0 bridgehead atoms. The maximum atomic E-state index is 13.1. The molecule has 2 aromatic rings. The predicted octanol–water partition coefficient (Wildman–Crippen LogP) is 4.46. The molecule has 0 fully saturated rings. The molecule has 1 amide bonds. The number of halogens is 3. The van der Waals surface area contributed by atoms with Crippen LogP contribution in [-0.2, 0) is 11.0 Å². The Bertz CT molecular complexity index is 860. The van der Waals surface area contributed by atoms with Crippen LogP contribution in [0.1, 0.15) is 22.6 Å². The zero-order valence-corrected chi connectivity index (χ0v) is 13.5. The van der Waals surface area contributed by atoms with E-state index in [1.54, 1.807) is 6.07 Å². The van der Waals surface area contributed by atoms with E-state index >= 15 is 0 Å². The number of aliphatic imine (C=N–C) groups is 1. The Morgan fingerprint density at radius 3 is 2.68 bits per heavy atom. The van der Waals surface area contributed by atoms with Gasteiger partial charge in [0.05, 0.1) is 18.4 Å². The minimum atomic E-state index is -4.55. The number of fused-ring (bicyclic) bond motifs is 1. The molecule has 0 saturated carbocycles. The van der Waals surface area contributed by atoms with Crippen molar-refractivity contribution in [2.75, 3.05) is 12.4 Å². The number of rotatable bonds is 3. The number of hydrogen-bond acceptors (Lipinski definition) is 3. The lowest BCUT2D eigenvalue weighted by atomic mass is 9.97. The van der Waals surface area contributed by atoms with Crippen molar-refractivity contribution in [2.45, 2.75) is 19.0 Å². The van der Waals surface area contributed by atoms with Gasteiger partial charge in [-0.15, -0.1) is 0 Å². The van der Waals surface area contributed by atoms with Crippen LogP contribution in [0.3, 0.4) is 0 Å². The van der Waals surface area contributed by atoms with Crippen LogP contribution < -0.4 is 10.1 Å². The van der Waals surface area contributed by atoms with Crippen LogP contribution in [0.25, 0.3) is 0 Å². The molecular formula is C18H15F3N2O2. The highest BCUT2D eigenvalue weighted by atomic mass is 19.4. The molecule has 2 aromatic carbocycles. The van der Waals surface area contributed by atoms with Gasteiger partial charge in [-0.1, -0.05) is 12.1 Å². The number of carbonyl (C=O) groups excluding carboxylic acids is 1. The Hall–Kier alpha value is -2.83. The van der Waals surface area contributed by atoms with Crippen molar-refractivity contribution in [1.29, 1.82) is 0 Å². The molecule has 0 radical (unpaired) electrons. The first-order chi connectivity index (χ1) is 11.8. The lowest BCUT2D eigenvalue weighted by molar-refractivity contribution is -0.138. The molecule has 130 valence electrons. The van der Waals surface area contributed by atoms with E-state index in [0.29, 0.717) is 5.69 Å². The summed E-state index contributed by atoms with van der Waals surface area (Å²) in [6.07, 6.45) is -3.18. The van der Waals surface area contributed by atoms with Gasteiger partial charge in [-0.25, -0.2) is 0 Å². The average Bonchev–Trinajstić information content (AvgIpc) is 2.88. The van der Waals surface area contributed by atoms with Crippen LogP contribution in [0.15, 0.2) is 41.4 Å². The second-order valence-corrected chi connectivity index (χ2v) is 5.66.